The minimum absolute atomic E-state index is 0.274. The van der Waals surface area contributed by atoms with E-state index in [4.69, 9.17) is 0 Å². The van der Waals surface area contributed by atoms with Gasteiger partial charge in [-0.05, 0) is 32.9 Å². The largest absolute Gasteiger partial charge is 0.392 e. The molecule has 2 unspecified atom stereocenters. The fourth-order valence-electron chi connectivity index (χ4n) is 2.13. The first kappa shape index (κ1) is 15.9. The van der Waals surface area contributed by atoms with Crippen LogP contribution in [0.3, 0.4) is 0 Å². The van der Waals surface area contributed by atoms with E-state index in [2.05, 4.69) is 37.9 Å². The Morgan fingerprint density at radius 1 is 1.19 bits per heavy atom. The Morgan fingerprint density at radius 2 is 1.75 bits per heavy atom. The van der Waals surface area contributed by atoms with Gasteiger partial charge in [-0.25, -0.2) is 0 Å². The van der Waals surface area contributed by atoms with E-state index >= 15 is 0 Å². The molecule has 2 N–H and O–H groups in total. The molecular weight excluding hydrogens is 200 g/mol. The zero-order valence-corrected chi connectivity index (χ0v) is 11.6. The van der Waals surface area contributed by atoms with Gasteiger partial charge in [-0.1, -0.05) is 27.7 Å². The summed E-state index contributed by atoms with van der Waals surface area (Å²) in [5, 5.41) is 12.8. The Hall–Kier alpha value is -0.120. The lowest BCUT2D eigenvalue weighted by Crippen LogP contribution is -2.45. The first-order valence-corrected chi connectivity index (χ1v) is 6.62. The molecule has 2 atom stereocenters. The summed E-state index contributed by atoms with van der Waals surface area (Å²) >= 11 is 0. The molecule has 0 fully saturated rings. The van der Waals surface area contributed by atoms with Crippen LogP contribution in [0.2, 0.25) is 0 Å². The molecule has 0 bridgehead atoms. The van der Waals surface area contributed by atoms with E-state index < -0.39 is 0 Å². The van der Waals surface area contributed by atoms with Crippen LogP contribution in [0, 0.1) is 6.04 Å². The molecule has 3 heteroatoms. The average Bonchev–Trinajstić information content (AvgIpc) is 2.28. The maximum Gasteiger partial charge on any atom is 0.0636 e. The highest BCUT2D eigenvalue weighted by atomic mass is 16.3. The fraction of sp³-hybridized carbons (Fsp3) is 0.923. The van der Waals surface area contributed by atoms with Crippen molar-refractivity contribution in [3.8, 4) is 0 Å². The lowest BCUT2D eigenvalue weighted by Gasteiger charge is -2.35. The Balaban J connectivity index is 4.36. The van der Waals surface area contributed by atoms with Crippen LogP contribution in [0.15, 0.2) is 0 Å². The lowest BCUT2D eigenvalue weighted by atomic mass is 10.0. The fourth-order valence-corrected chi connectivity index (χ4v) is 2.13. The molecular formula is C13H29N2O. The van der Waals surface area contributed by atoms with Gasteiger partial charge in [0.05, 0.1) is 12.1 Å². The monoisotopic (exact) mass is 229 g/mol. The molecule has 0 rings (SSSR count). The molecule has 0 saturated heterocycles. The molecule has 16 heavy (non-hydrogen) atoms. The summed E-state index contributed by atoms with van der Waals surface area (Å²) in [7, 11) is 0. The average molecular weight is 229 g/mol. The molecule has 0 heterocycles. The molecule has 0 spiro atoms. The summed E-state index contributed by atoms with van der Waals surface area (Å²) in [6, 6.07) is 1.87. The zero-order valence-electron chi connectivity index (χ0n) is 11.6. The Labute approximate surface area is 101 Å². The van der Waals surface area contributed by atoms with Crippen LogP contribution in [0.25, 0.3) is 0 Å². The Morgan fingerprint density at radius 3 is 2.06 bits per heavy atom. The highest BCUT2D eigenvalue weighted by molar-refractivity contribution is 4.99. The normalized spacial score (nSPS) is 15.8. The number of aliphatic hydroxyl groups excluding tert-OH is 1. The van der Waals surface area contributed by atoms with Crippen LogP contribution in [-0.4, -0.2) is 41.8 Å². The van der Waals surface area contributed by atoms with Crippen LogP contribution >= 0.6 is 0 Å². The van der Waals surface area contributed by atoms with Gasteiger partial charge in [0.2, 0.25) is 0 Å². The molecule has 0 aliphatic rings. The van der Waals surface area contributed by atoms with E-state index in [9.17, 15) is 5.11 Å². The van der Waals surface area contributed by atoms with Gasteiger partial charge in [0, 0.05) is 12.6 Å². The Kier molecular flexibility index (Phi) is 8.90. The highest BCUT2D eigenvalue weighted by Crippen LogP contribution is 2.19. The predicted molar refractivity (Wildman–Crippen MR) is 70.2 cm³/mol. The summed E-state index contributed by atoms with van der Waals surface area (Å²) in [6.45, 7) is 13.4. The van der Waals surface area contributed by atoms with Gasteiger partial charge in [0.25, 0.3) is 0 Å². The summed E-state index contributed by atoms with van der Waals surface area (Å²) in [5.74, 6) is 0. The molecule has 97 valence electrons. The van der Waals surface area contributed by atoms with Crippen molar-refractivity contribution in [3.63, 3.8) is 0 Å². The second-order valence-corrected chi connectivity index (χ2v) is 4.24. The maximum atomic E-state index is 9.32. The van der Waals surface area contributed by atoms with Crippen LogP contribution < -0.4 is 5.32 Å². The number of rotatable bonds is 9. The number of nitrogens with zero attached hydrogens (tertiary/aromatic N) is 1. The predicted octanol–water partition coefficient (Wildman–Crippen LogP) is 2.02. The van der Waals surface area contributed by atoms with E-state index in [0.29, 0.717) is 12.6 Å². The number of aliphatic hydroxyl groups is 1. The van der Waals surface area contributed by atoms with Crippen molar-refractivity contribution in [1.29, 1.82) is 0 Å². The third kappa shape index (κ3) is 5.28. The summed E-state index contributed by atoms with van der Waals surface area (Å²) < 4.78 is 0. The smallest absolute Gasteiger partial charge is 0.0636 e. The first-order valence-electron chi connectivity index (χ1n) is 6.62. The lowest BCUT2D eigenvalue weighted by molar-refractivity contribution is 0.176. The molecule has 0 saturated carbocycles. The third-order valence-electron chi connectivity index (χ3n) is 3.00. The van der Waals surface area contributed by atoms with Gasteiger partial charge >= 0.3 is 0 Å². The van der Waals surface area contributed by atoms with Crippen molar-refractivity contribution in [3.05, 3.63) is 6.04 Å². The van der Waals surface area contributed by atoms with Crippen molar-refractivity contribution < 1.29 is 5.11 Å². The summed E-state index contributed by atoms with van der Waals surface area (Å²) in [5.41, 5.74) is 0. The second-order valence-electron chi connectivity index (χ2n) is 4.24. The van der Waals surface area contributed by atoms with Crippen LogP contribution in [-0.2, 0) is 0 Å². The zero-order chi connectivity index (χ0) is 12.6. The second kappa shape index (κ2) is 8.97. The third-order valence-corrected chi connectivity index (χ3v) is 3.00. The first-order chi connectivity index (χ1) is 7.60. The van der Waals surface area contributed by atoms with E-state index in [1.807, 2.05) is 6.92 Å². The topological polar surface area (TPSA) is 35.5 Å². The Bertz CT molecular complexity index is 158. The van der Waals surface area contributed by atoms with Gasteiger partial charge in [0.1, 0.15) is 0 Å². The number of likely N-dealkylation sites (N-methyl/N-ethyl adjacent to an activating group) is 1. The minimum Gasteiger partial charge on any atom is -0.392 e. The SMILES string of the molecule is CC[C](C(CC)NCC(C)O)N(CC)CC. The van der Waals surface area contributed by atoms with Crippen LogP contribution in [0.4, 0.5) is 0 Å². The molecule has 0 aromatic rings. The molecule has 1 radical (unpaired) electrons. The van der Waals surface area contributed by atoms with Crippen molar-refractivity contribution >= 4 is 0 Å². The van der Waals surface area contributed by atoms with Gasteiger partial charge in [-0.15, -0.1) is 0 Å². The quantitative estimate of drug-likeness (QED) is 0.635. The van der Waals surface area contributed by atoms with Crippen molar-refractivity contribution in [2.45, 2.75) is 59.6 Å². The highest BCUT2D eigenvalue weighted by Gasteiger charge is 2.23. The molecule has 0 aromatic heterocycles. The standard InChI is InChI=1S/C13H29N2O/c1-6-12(14-10-11(5)16)13(7-2)15(8-3)9-4/h11-12,14,16H,6-10H2,1-5H3. The van der Waals surface area contributed by atoms with Crippen molar-refractivity contribution in [2.75, 3.05) is 19.6 Å². The molecule has 3 nitrogen and oxygen atoms in total. The van der Waals surface area contributed by atoms with E-state index in [1.54, 1.807) is 0 Å². The summed E-state index contributed by atoms with van der Waals surface area (Å²) in [4.78, 5) is 2.42. The number of hydrogen-bond acceptors (Lipinski definition) is 3. The number of hydrogen-bond donors (Lipinski definition) is 2. The van der Waals surface area contributed by atoms with E-state index in [1.165, 1.54) is 6.04 Å². The van der Waals surface area contributed by atoms with Gasteiger partial charge in [0.15, 0.2) is 0 Å². The number of nitrogens with one attached hydrogen (secondary N) is 1. The van der Waals surface area contributed by atoms with E-state index in [-0.39, 0.29) is 6.10 Å². The van der Waals surface area contributed by atoms with Gasteiger partial charge in [-0.2, -0.15) is 0 Å². The maximum absolute atomic E-state index is 9.32. The minimum atomic E-state index is -0.274. The molecule has 0 aliphatic heterocycles. The van der Waals surface area contributed by atoms with Gasteiger partial charge in [-0.3, -0.25) is 4.90 Å². The summed E-state index contributed by atoms with van der Waals surface area (Å²) in [6.07, 6.45) is 1.88. The van der Waals surface area contributed by atoms with Crippen molar-refractivity contribution in [1.82, 2.24) is 10.2 Å². The molecule has 0 aromatic carbocycles. The van der Waals surface area contributed by atoms with E-state index in [0.717, 1.165) is 25.9 Å². The van der Waals surface area contributed by atoms with Crippen LogP contribution in [0.1, 0.15) is 47.5 Å². The van der Waals surface area contributed by atoms with Crippen molar-refractivity contribution in [2.24, 2.45) is 0 Å². The molecule has 0 amide bonds. The van der Waals surface area contributed by atoms with Crippen LogP contribution in [0.5, 0.6) is 0 Å². The van der Waals surface area contributed by atoms with Gasteiger partial charge < -0.3 is 10.4 Å². The molecule has 0 aliphatic carbocycles.